The molecule has 0 unspecified atom stereocenters. The Hall–Kier alpha value is -0.770. The van der Waals surface area contributed by atoms with Crippen LogP contribution >= 0.6 is 0 Å². The lowest BCUT2D eigenvalue weighted by molar-refractivity contribution is 0.205. The Morgan fingerprint density at radius 1 is 1.38 bits per heavy atom. The van der Waals surface area contributed by atoms with Crippen molar-refractivity contribution in [3.8, 4) is 0 Å². The second kappa shape index (κ2) is 5.53. The van der Waals surface area contributed by atoms with Gasteiger partial charge in [0.2, 0.25) is 0 Å². The molecule has 0 bridgehead atoms. The van der Waals surface area contributed by atoms with E-state index >= 15 is 0 Å². The molecule has 0 aromatic rings. The van der Waals surface area contributed by atoms with Gasteiger partial charge in [-0.05, 0) is 40.8 Å². The Morgan fingerprint density at radius 3 is 2.44 bits per heavy atom. The molecule has 1 aliphatic carbocycles. The summed E-state index contributed by atoms with van der Waals surface area (Å²) in [7, 11) is 4.13. The van der Waals surface area contributed by atoms with Crippen LogP contribution in [0.4, 0.5) is 0 Å². The molecule has 3 N–H and O–H groups in total. The number of nitrogens with one attached hydrogen (secondary N) is 1. The van der Waals surface area contributed by atoms with Crippen LogP contribution in [-0.4, -0.2) is 43.1 Å². The summed E-state index contributed by atoms with van der Waals surface area (Å²) in [5.41, 5.74) is 5.94. The summed E-state index contributed by atoms with van der Waals surface area (Å²) < 4.78 is 0. The first kappa shape index (κ1) is 13.3. The lowest BCUT2D eigenvalue weighted by Crippen LogP contribution is -2.44. The van der Waals surface area contributed by atoms with Gasteiger partial charge in [-0.1, -0.05) is 12.8 Å². The summed E-state index contributed by atoms with van der Waals surface area (Å²) in [6.45, 7) is 5.06. The summed E-state index contributed by atoms with van der Waals surface area (Å²) in [6, 6.07) is 0.547. The predicted octanol–water partition coefficient (Wildman–Crippen LogP) is 1.17. The maximum Gasteiger partial charge on any atom is 0.188 e. The van der Waals surface area contributed by atoms with Crippen LogP contribution in [0.5, 0.6) is 0 Å². The first-order valence-electron chi connectivity index (χ1n) is 6.16. The Bertz CT molecular complexity index is 239. The van der Waals surface area contributed by atoms with Crippen LogP contribution in [0.1, 0.15) is 39.5 Å². The Labute approximate surface area is 99.3 Å². The van der Waals surface area contributed by atoms with Crippen LogP contribution in [-0.2, 0) is 0 Å². The number of aliphatic imine (C=N–C) groups is 1. The first-order valence-corrected chi connectivity index (χ1v) is 6.16. The average molecular weight is 226 g/mol. The van der Waals surface area contributed by atoms with Crippen LogP contribution in [0.15, 0.2) is 4.99 Å². The van der Waals surface area contributed by atoms with Crippen molar-refractivity contribution < 1.29 is 0 Å². The van der Waals surface area contributed by atoms with E-state index in [1.807, 2.05) is 0 Å². The molecule has 0 aromatic carbocycles. The molecule has 0 aliphatic heterocycles. The maximum atomic E-state index is 5.88. The third-order valence-corrected chi connectivity index (χ3v) is 3.55. The van der Waals surface area contributed by atoms with E-state index in [9.17, 15) is 0 Å². The summed E-state index contributed by atoms with van der Waals surface area (Å²) in [5.74, 6) is 0.599. The molecule has 0 heterocycles. The highest BCUT2D eigenvalue weighted by molar-refractivity contribution is 5.78. The molecule has 94 valence electrons. The molecule has 1 rings (SSSR count). The van der Waals surface area contributed by atoms with Crippen molar-refractivity contribution in [1.29, 1.82) is 0 Å². The van der Waals surface area contributed by atoms with Crippen molar-refractivity contribution in [2.24, 2.45) is 10.7 Å². The quantitative estimate of drug-likeness (QED) is 0.559. The highest BCUT2D eigenvalue weighted by Crippen LogP contribution is 2.17. The molecule has 0 saturated heterocycles. The molecule has 1 fully saturated rings. The van der Waals surface area contributed by atoms with Gasteiger partial charge < -0.3 is 16.0 Å². The number of rotatable bonds is 4. The third kappa shape index (κ3) is 4.00. The number of nitrogens with two attached hydrogens (primary N) is 1. The molecule has 1 aliphatic rings. The van der Waals surface area contributed by atoms with Gasteiger partial charge in [0.05, 0.1) is 6.54 Å². The van der Waals surface area contributed by atoms with Gasteiger partial charge in [0.25, 0.3) is 0 Å². The van der Waals surface area contributed by atoms with Crippen LogP contribution in [0, 0.1) is 0 Å². The van der Waals surface area contributed by atoms with Crippen molar-refractivity contribution >= 4 is 5.96 Å². The fourth-order valence-corrected chi connectivity index (χ4v) is 1.74. The molecule has 0 amide bonds. The number of nitrogens with zero attached hydrogens (tertiary/aromatic N) is 2. The lowest BCUT2D eigenvalue weighted by atomic mass is 10.1. The van der Waals surface area contributed by atoms with Crippen LogP contribution in [0.25, 0.3) is 0 Å². The van der Waals surface area contributed by atoms with Crippen molar-refractivity contribution in [1.82, 2.24) is 10.2 Å². The third-order valence-electron chi connectivity index (χ3n) is 3.55. The average Bonchev–Trinajstić information content (AvgIpc) is 2.67. The van der Waals surface area contributed by atoms with Gasteiger partial charge in [0.15, 0.2) is 5.96 Å². The second-order valence-corrected chi connectivity index (χ2v) is 5.53. The smallest absolute Gasteiger partial charge is 0.188 e. The minimum atomic E-state index is 0.0575. The normalized spacial score (nSPS) is 19.4. The van der Waals surface area contributed by atoms with Crippen LogP contribution < -0.4 is 11.1 Å². The highest BCUT2D eigenvalue weighted by atomic mass is 15.2. The van der Waals surface area contributed by atoms with Crippen molar-refractivity contribution in [2.45, 2.75) is 51.1 Å². The van der Waals surface area contributed by atoms with Gasteiger partial charge >= 0.3 is 0 Å². The monoisotopic (exact) mass is 226 g/mol. The molecule has 0 aromatic heterocycles. The molecular weight excluding hydrogens is 200 g/mol. The number of guanidine groups is 1. The molecule has 16 heavy (non-hydrogen) atoms. The van der Waals surface area contributed by atoms with E-state index in [1.54, 1.807) is 0 Å². The highest BCUT2D eigenvalue weighted by Gasteiger charge is 2.20. The predicted molar refractivity (Wildman–Crippen MR) is 69.6 cm³/mol. The van der Waals surface area contributed by atoms with Crippen molar-refractivity contribution in [2.75, 3.05) is 20.6 Å². The van der Waals surface area contributed by atoms with E-state index < -0.39 is 0 Å². The zero-order valence-corrected chi connectivity index (χ0v) is 11.1. The molecule has 0 atom stereocenters. The minimum Gasteiger partial charge on any atom is -0.370 e. The van der Waals surface area contributed by atoms with E-state index in [-0.39, 0.29) is 5.54 Å². The van der Waals surface area contributed by atoms with Crippen molar-refractivity contribution in [3.05, 3.63) is 0 Å². The minimum absolute atomic E-state index is 0.0575. The first-order chi connectivity index (χ1) is 7.42. The number of likely N-dealkylation sites (N-methyl/N-ethyl adjacent to an activating group) is 1. The molecule has 1 saturated carbocycles. The van der Waals surface area contributed by atoms with Gasteiger partial charge in [-0.25, -0.2) is 0 Å². The van der Waals surface area contributed by atoms with Gasteiger partial charge in [-0.15, -0.1) is 0 Å². The summed E-state index contributed by atoms with van der Waals surface area (Å²) >= 11 is 0. The topological polar surface area (TPSA) is 53.6 Å². The Kier molecular flexibility index (Phi) is 4.59. The standard InChI is InChI=1S/C12H26N4/c1-12(2,16(3)4)9-14-11(13)15-10-7-5-6-8-10/h10H,5-9H2,1-4H3,(H3,13,14,15). The summed E-state index contributed by atoms with van der Waals surface area (Å²) in [6.07, 6.45) is 5.09. The zero-order valence-electron chi connectivity index (χ0n) is 11.1. The molecule has 0 spiro atoms. The van der Waals surface area contributed by atoms with Gasteiger partial charge in [-0.3, -0.25) is 4.99 Å². The number of hydrogen-bond acceptors (Lipinski definition) is 2. The molecule has 0 radical (unpaired) electrons. The zero-order chi connectivity index (χ0) is 12.2. The second-order valence-electron chi connectivity index (χ2n) is 5.53. The van der Waals surface area contributed by atoms with Gasteiger partial charge in [0, 0.05) is 11.6 Å². The fraction of sp³-hybridized carbons (Fsp3) is 0.917. The van der Waals surface area contributed by atoms with E-state index in [0.29, 0.717) is 12.0 Å². The summed E-state index contributed by atoms with van der Waals surface area (Å²) in [5, 5.41) is 3.30. The fourth-order valence-electron chi connectivity index (χ4n) is 1.74. The summed E-state index contributed by atoms with van der Waals surface area (Å²) in [4.78, 5) is 6.59. The molecular formula is C12H26N4. The van der Waals surface area contributed by atoms with Crippen LogP contribution in [0.3, 0.4) is 0 Å². The SMILES string of the molecule is CN(C)C(C)(C)CN=C(N)NC1CCCC1. The Balaban J connectivity index is 2.38. The van der Waals surface area contributed by atoms with E-state index in [0.717, 1.165) is 6.54 Å². The number of hydrogen-bond donors (Lipinski definition) is 2. The Morgan fingerprint density at radius 2 is 1.94 bits per heavy atom. The van der Waals surface area contributed by atoms with E-state index in [1.165, 1.54) is 25.7 Å². The van der Waals surface area contributed by atoms with Crippen LogP contribution in [0.2, 0.25) is 0 Å². The maximum absolute atomic E-state index is 5.88. The molecule has 4 nitrogen and oxygen atoms in total. The van der Waals surface area contributed by atoms with Crippen molar-refractivity contribution in [3.63, 3.8) is 0 Å². The van der Waals surface area contributed by atoms with Gasteiger partial charge in [-0.2, -0.15) is 0 Å². The molecule has 4 heteroatoms. The van der Waals surface area contributed by atoms with E-state index in [4.69, 9.17) is 5.73 Å². The largest absolute Gasteiger partial charge is 0.370 e. The van der Waals surface area contributed by atoms with E-state index in [2.05, 4.69) is 43.2 Å². The lowest BCUT2D eigenvalue weighted by Gasteiger charge is -2.30. The van der Waals surface area contributed by atoms with Gasteiger partial charge in [0.1, 0.15) is 0 Å².